The second-order valence-corrected chi connectivity index (χ2v) is 6.90. The molecule has 0 atom stereocenters. The van der Waals surface area contributed by atoms with Crippen LogP contribution in [-0.2, 0) is 23.7 Å². The van der Waals surface area contributed by atoms with Crippen molar-refractivity contribution in [3.63, 3.8) is 0 Å². The van der Waals surface area contributed by atoms with E-state index >= 15 is 0 Å². The van der Waals surface area contributed by atoms with Gasteiger partial charge in [-0.25, -0.2) is 0 Å². The fourth-order valence-electron chi connectivity index (χ4n) is 2.72. The highest BCUT2D eigenvalue weighted by atomic mass is 16.6. The van der Waals surface area contributed by atoms with Crippen LogP contribution >= 0.6 is 0 Å². The first-order valence-electron chi connectivity index (χ1n) is 11.0. The number of hydrogen-bond acceptors (Lipinski definition) is 8. The predicted octanol–water partition coefficient (Wildman–Crippen LogP) is 3.02. The van der Waals surface area contributed by atoms with Crippen molar-refractivity contribution in [1.82, 2.24) is 0 Å². The highest BCUT2D eigenvalue weighted by molar-refractivity contribution is 6.09. The molecule has 0 bridgehead atoms. The summed E-state index contributed by atoms with van der Waals surface area (Å²) in [5, 5.41) is 0. The molecule has 0 aliphatic heterocycles. The van der Waals surface area contributed by atoms with Crippen LogP contribution in [0.5, 0.6) is 11.5 Å². The van der Waals surface area contributed by atoms with Gasteiger partial charge in [0, 0.05) is 25.3 Å². The van der Waals surface area contributed by atoms with Crippen LogP contribution in [0.1, 0.15) is 15.9 Å². The fraction of sp³-hybridized carbons (Fsp3) is 0.480. The summed E-state index contributed by atoms with van der Waals surface area (Å²) in [7, 11) is 3.27. The summed E-state index contributed by atoms with van der Waals surface area (Å²) in [5.74, 6) is 1.31. The molecule has 0 aliphatic rings. The Kier molecular flexibility index (Phi) is 13.8. The van der Waals surface area contributed by atoms with Crippen molar-refractivity contribution < 1.29 is 38.0 Å². The Labute approximate surface area is 195 Å². The predicted molar refractivity (Wildman–Crippen MR) is 124 cm³/mol. The van der Waals surface area contributed by atoms with E-state index in [0.29, 0.717) is 88.7 Å². The summed E-state index contributed by atoms with van der Waals surface area (Å²) in [5.41, 5.74) is 1.18. The van der Waals surface area contributed by atoms with Crippen molar-refractivity contribution >= 4 is 5.78 Å². The molecule has 8 heteroatoms. The number of methoxy groups -OCH3 is 2. The van der Waals surface area contributed by atoms with Gasteiger partial charge in [0.15, 0.2) is 5.78 Å². The van der Waals surface area contributed by atoms with Crippen LogP contribution in [0.4, 0.5) is 0 Å². The van der Waals surface area contributed by atoms with E-state index in [2.05, 4.69) is 0 Å². The minimum Gasteiger partial charge on any atom is -0.491 e. The third-order valence-corrected chi connectivity index (χ3v) is 4.46. The lowest BCUT2D eigenvalue weighted by molar-refractivity contribution is 0.0180. The van der Waals surface area contributed by atoms with E-state index in [0.717, 1.165) is 0 Å². The molecule has 0 N–H and O–H groups in total. The van der Waals surface area contributed by atoms with Crippen molar-refractivity contribution in [2.45, 2.75) is 0 Å². The highest BCUT2D eigenvalue weighted by Gasteiger charge is 2.09. The number of ketones is 1. The average molecular weight is 463 g/mol. The third kappa shape index (κ3) is 11.3. The van der Waals surface area contributed by atoms with E-state index in [1.165, 1.54) is 0 Å². The van der Waals surface area contributed by atoms with Crippen LogP contribution in [0.2, 0.25) is 0 Å². The number of carbonyl (C=O) groups excluding carboxylic acids is 1. The lowest BCUT2D eigenvalue weighted by atomic mass is 10.0. The quantitative estimate of drug-likeness (QED) is 0.233. The molecule has 0 fully saturated rings. The summed E-state index contributed by atoms with van der Waals surface area (Å²) in [6, 6.07) is 14.1. The second-order valence-electron chi connectivity index (χ2n) is 6.90. The van der Waals surface area contributed by atoms with E-state index in [9.17, 15) is 4.79 Å². The Morgan fingerprint density at radius 2 is 0.848 bits per heavy atom. The fourth-order valence-corrected chi connectivity index (χ4v) is 2.72. The monoisotopic (exact) mass is 462 g/mol. The maximum Gasteiger partial charge on any atom is 0.193 e. The van der Waals surface area contributed by atoms with Crippen molar-refractivity contribution in [3.8, 4) is 11.5 Å². The van der Waals surface area contributed by atoms with Crippen LogP contribution in [-0.4, -0.2) is 86.1 Å². The van der Waals surface area contributed by atoms with Gasteiger partial charge >= 0.3 is 0 Å². The molecule has 2 aromatic rings. The van der Waals surface area contributed by atoms with Gasteiger partial charge < -0.3 is 33.2 Å². The van der Waals surface area contributed by atoms with Gasteiger partial charge in [-0.05, 0) is 48.5 Å². The van der Waals surface area contributed by atoms with E-state index < -0.39 is 0 Å². The molecule has 0 saturated carbocycles. The van der Waals surface area contributed by atoms with Crippen molar-refractivity contribution in [1.29, 1.82) is 0 Å². The minimum absolute atomic E-state index is 0.0622. The Hall–Kier alpha value is -2.49. The maximum atomic E-state index is 12.7. The Balaban J connectivity index is 1.66. The molecule has 8 nitrogen and oxygen atoms in total. The van der Waals surface area contributed by atoms with Crippen molar-refractivity contribution in [3.05, 3.63) is 59.7 Å². The van der Waals surface area contributed by atoms with Crippen molar-refractivity contribution in [2.75, 3.05) is 80.3 Å². The number of carbonyl (C=O) groups is 1. The Bertz CT molecular complexity index is 761. The summed E-state index contributed by atoms with van der Waals surface area (Å²) in [4.78, 5) is 12.7. The SMILES string of the molecule is COCCOCCOCCOc1ccc(C(=O)c2ccc(OCCOCCOC)cc2)cc1. The molecule has 0 aromatic heterocycles. The van der Waals surface area contributed by atoms with Crippen LogP contribution < -0.4 is 9.47 Å². The van der Waals surface area contributed by atoms with Crippen LogP contribution in [0.15, 0.2) is 48.5 Å². The second kappa shape index (κ2) is 17.0. The molecule has 0 amide bonds. The van der Waals surface area contributed by atoms with Crippen LogP contribution in [0.3, 0.4) is 0 Å². The van der Waals surface area contributed by atoms with E-state index in [4.69, 9.17) is 33.2 Å². The lowest BCUT2D eigenvalue weighted by Gasteiger charge is -2.09. The largest absolute Gasteiger partial charge is 0.491 e. The zero-order valence-electron chi connectivity index (χ0n) is 19.5. The number of rotatable bonds is 19. The summed E-state index contributed by atoms with van der Waals surface area (Å²) >= 11 is 0. The summed E-state index contributed by atoms with van der Waals surface area (Å²) < 4.78 is 37.2. The van der Waals surface area contributed by atoms with E-state index in [-0.39, 0.29) is 5.78 Å². The number of ether oxygens (including phenoxy) is 7. The molecule has 0 heterocycles. The van der Waals surface area contributed by atoms with Gasteiger partial charge in [0.05, 0.1) is 52.9 Å². The van der Waals surface area contributed by atoms with Gasteiger partial charge in [0.25, 0.3) is 0 Å². The zero-order valence-corrected chi connectivity index (χ0v) is 19.5. The van der Waals surface area contributed by atoms with E-state index in [1.807, 2.05) is 0 Å². The first-order chi connectivity index (χ1) is 16.2. The molecule has 0 radical (unpaired) electrons. The molecule has 0 aliphatic carbocycles. The highest BCUT2D eigenvalue weighted by Crippen LogP contribution is 2.18. The summed E-state index contributed by atoms with van der Waals surface area (Å²) in [6.07, 6.45) is 0. The molecule has 0 saturated heterocycles. The van der Waals surface area contributed by atoms with Gasteiger partial charge in [-0.1, -0.05) is 0 Å². The number of benzene rings is 2. The Morgan fingerprint density at radius 3 is 1.21 bits per heavy atom. The molecule has 33 heavy (non-hydrogen) atoms. The molecule has 2 rings (SSSR count). The zero-order chi connectivity index (χ0) is 23.6. The lowest BCUT2D eigenvalue weighted by Crippen LogP contribution is -2.12. The van der Waals surface area contributed by atoms with Gasteiger partial charge in [-0.15, -0.1) is 0 Å². The van der Waals surface area contributed by atoms with Gasteiger partial charge in [0.2, 0.25) is 0 Å². The van der Waals surface area contributed by atoms with Crippen LogP contribution in [0, 0.1) is 0 Å². The standard InChI is InChI=1S/C25H34O8/c1-27-11-13-29-15-16-31-18-20-33-24-9-5-22(6-10-24)25(26)21-3-7-23(8-4-21)32-19-17-30-14-12-28-2/h3-10H,11-20H2,1-2H3. The molecule has 0 unspecified atom stereocenters. The molecular weight excluding hydrogens is 428 g/mol. The molecule has 0 spiro atoms. The maximum absolute atomic E-state index is 12.7. The first-order valence-corrected chi connectivity index (χ1v) is 11.0. The normalized spacial score (nSPS) is 10.8. The van der Waals surface area contributed by atoms with Crippen LogP contribution in [0.25, 0.3) is 0 Å². The first kappa shape index (κ1) is 26.8. The topological polar surface area (TPSA) is 81.7 Å². The van der Waals surface area contributed by atoms with E-state index in [1.54, 1.807) is 62.8 Å². The molecular formula is C25H34O8. The van der Waals surface area contributed by atoms with Gasteiger partial charge in [-0.2, -0.15) is 0 Å². The summed E-state index contributed by atoms with van der Waals surface area (Å²) in [6.45, 7) is 5.06. The third-order valence-electron chi connectivity index (χ3n) is 4.46. The van der Waals surface area contributed by atoms with Crippen molar-refractivity contribution in [2.24, 2.45) is 0 Å². The van der Waals surface area contributed by atoms with Gasteiger partial charge in [-0.3, -0.25) is 4.79 Å². The average Bonchev–Trinajstić information content (AvgIpc) is 2.85. The minimum atomic E-state index is -0.0622. The number of hydrogen-bond donors (Lipinski definition) is 0. The van der Waals surface area contributed by atoms with Gasteiger partial charge in [0.1, 0.15) is 24.7 Å². The molecule has 182 valence electrons. The smallest absolute Gasteiger partial charge is 0.193 e. The Morgan fingerprint density at radius 1 is 0.515 bits per heavy atom. The molecule has 2 aromatic carbocycles.